The van der Waals surface area contributed by atoms with E-state index < -0.39 is 0 Å². The van der Waals surface area contributed by atoms with Crippen LogP contribution in [0.2, 0.25) is 0 Å². The number of ether oxygens (including phenoxy) is 2. The van der Waals surface area contributed by atoms with Crippen LogP contribution in [0.3, 0.4) is 0 Å². The molecule has 0 saturated heterocycles. The van der Waals surface area contributed by atoms with Crippen molar-refractivity contribution in [1.29, 1.82) is 0 Å². The summed E-state index contributed by atoms with van der Waals surface area (Å²) in [5.74, 6) is 2.25. The van der Waals surface area contributed by atoms with Crippen LogP contribution in [0.5, 0.6) is 17.2 Å². The number of para-hydroxylation sites is 1. The van der Waals surface area contributed by atoms with E-state index in [0.29, 0.717) is 46.4 Å². The molecule has 13 nitrogen and oxygen atoms in total. The molecule has 61 heavy (non-hydrogen) atoms. The van der Waals surface area contributed by atoms with Gasteiger partial charge in [-0.15, -0.1) is 11.8 Å². The first kappa shape index (κ1) is 49.7. The zero-order valence-electron chi connectivity index (χ0n) is 32.9. The van der Waals surface area contributed by atoms with Crippen molar-refractivity contribution in [3.8, 4) is 17.2 Å². The van der Waals surface area contributed by atoms with Crippen molar-refractivity contribution in [2.75, 3.05) is 12.9 Å². The monoisotopic (exact) mass is 945 g/mol. The lowest BCUT2D eigenvalue weighted by molar-refractivity contribution is 0.101. The second kappa shape index (κ2) is 30.6. The number of hydrogen-bond acceptors (Lipinski definition) is 14. The fourth-order valence-electron chi connectivity index (χ4n) is 4.20. The number of carbonyl (C=O) groups is 1. The van der Waals surface area contributed by atoms with Crippen LogP contribution in [-0.2, 0) is 24.0 Å². The van der Waals surface area contributed by atoms with E-state index in [0.717, 1.165) is 20.0 Å². The summed E-state index contributed by atoms with van der Waals surface area (Å²) in [5, 5.41) is 0. The maximum atomic E-state index is 10.8. The number of thioether (sulfide) groups is 1. The lowest BCUT2D eigenvalue weighted by Gasteiger charge is -2.04. The Balaban J connectivity index is 0.000000265. The van der Waals surface area contributed by atoms with Crippen LogP contribution in [0.25, 0.3) is 0 Å². The average Bonchev–Trinajstić information content (AvgIpc) is 3.28. The van der Waals surface area contributed by atoms with Gasteiger partial charge in [-0.05, 0) is 176 Å². The summed E-state index contributed by atoms with van der Waals surface area (Å²) in [6.07, 6.45) is 9.34. The molecule has 6 aromatic rings. The minimum absolute atomic E-state index is 0.00312. The Labute approximate surface area is 369 Å². The number of rotatable bonds is 11. The zero-order valence-corrected chi connectivity index (χ0v) is 35.9. The molecule has 0 aliphatic heterocycles. The molecule has 0 saturated carbocycles. The van der Waals surface area contributed by atoms with Crippen LogP contribution < -0.4 is 9.47 Å². The summed E-state index contributed by atoms with van der Waals surface area (Å²) in [6.45, 7) is 4.03. The Morgan fingerprint density at radius 1 is 0.508 bits per heavy atom. The van der Waals surface area contributed by atoms with E-state index in [-0.39, 0.29) is 5.78 Å². The maximum Gasteiger partial charge on any atom is 0.240 e. The van der Waals surface area contributed by atoms with Crippen LogP contribution in [-0.4, -0.2) is 49.0 Å². The number of nitrogens with zero attached hydrogens (tertiary/aromatic N) is 5. The van der Waals surface area contributed by atoms with E-state index in [9.17, 15) is 28.8 Å². The highest BCUT2D eigenvalue weighted by molar-refractivity contribution is 14.1. The number of hydrogen-bond donors (Lipinski definition) is 0. The summed E-state index contributed by atoms with van der Waals surface area (Å²) in [6, 6.07) is 44.5. The molecule has 0 aliphatic rings. The normalized spacial score (nSPS) is 8.85. The predicted molar refractivity (Wildman–Crippen MR) is 243 cm³/mol. The van der Waals surface area contributed by atoms with E-state index in [1.807, 2.05) is 67.8 Å². The number of ketones is 1. The zero-order chi connectivity index (χ0) is 44.5. The molecule has 0 atom stereocenters. The molecule has 0 amide bonds. The van der Waals surface area contributed by atoms with Gasteiger partial charge in [-0.1, -0.05) is 18.2 Å². The van der Waals surface area contributed by atoms with Crippen LogP contribution >= 0.6 is 34.4 Å². The van der Waals surface area contributed by atoms with Gasteiger partial charge in [-0.2, -0.15) is 25.0 Å². The summed E-state index contributed by atoms with van der Waals surface area (Å²) in [4.78, 5) is 78.5. The van der Waals surface area contributed by atoms with E-state index in [4.69, 9.17) is 9.47 Å². The minimum Gasteiger partial charge on any atom is -0.494 e. The van der Waals surface area contributed by atoms with E-state index in [1.54, 1.807) is 109 Å². The van der Waals surface area contributed by atoms with Crippen molar-refractivity contribution in [3.63, 3.8) is 0 Å². The number of halogens is 1. The Morgan fingerprint density at radius 3 is 1.21 bits per heavy atom. The van der Waals surface area contributed by atoms with Gasteiger partial charge in [0.25, 0.3) is 0 Å². The van der Waals surface area contributed by atoms with Gasteiger partial charge < -0.3 is 9.47 Å². The van der Waals surface area contributed by atoms with Crippen LogP contribution in [0.4, 0.5) is 28.4 Å². The molecule has 15 heteroatoms. The molecule has 0 N–H and O–H groups in total. The third-order valence-corrected chi connectivity index (χ3v) is 8.47. The van der Waals surface area contributed by atoms with Crippen LogP contribution in [0.1, 0.15) is 24.2 Å². The summed E-state index contributed by atoms with van der Waals surface area (Å²) >= 11 is 3.84. The molecule has 0 heterocycles. The first-order chi connectivity index (χ1) is 29.7. The first-order valence-corrected chi connectivity index (χ1v) is 19.9. The molecule has 6 aromatic carbocycles. The van der Waals surface area contributed by atoms with Crippen molar-refractivity contribution >= 4 is 99.0 Å². The van der Waals surface area contributed by atoms with Gasteiger partial charge in [0.2, 0.25) is 30.4 Å². The Bertz CT molecular complexity index is 2450. The lowest BCUT2D eigenvalue weighted by atomic mass is 10.1. The highest BCUT2D eigenvalue weighted by atomic mass is 127. The molecular formula is C46H36IN5O8S. The second-order valence-electron chi connectivity index (χ2n) is 11.1. The standard InChI is InChI=1S/C13H9NO2.C9H7NO2.C9H9NO2.C8H7NOS.C7H4INO/c15-10-14-11-6-8-13(9-7-11)16-12-4-2-1-3-5-12;1-7(12)8-2-4-9(5-3-8)10-6-11;1-2-12-9-5-3-8(4-6-9)10-7-11;1-11-8-4-2-7(3-5-8)9-6-10;8-6-1-3-7(4-2-6)9-5-10/h1-9H;2-5H,1H3;3-6H,2H2,1H3;2-5H,1H3;1-4H. The Hall–Kier alpha value is -7.43. The van der Waals surface area contributed by atoms with Crippen molar-refractivity contribution in [2.45, 2.75) is 18.7 Å². The molecule has 0 aliphatic carbocycles. The smallest absolute Gasteiger partial charge is 0.240 e. The summed E-state index contributed by atoms with van der Waals surface area (Å²) in [7, 11) is 0. The number of Topliss-reactive ketones (excluding diaryl/α,β-unsaturated/α-hetero) is 1. The van der Waals surface area contributed by atoms with Gasteiger partial charge in [-0.3, -0.25) is 4.79 Å². The first-order valence-electron chi connectivity index (χ1n) is 17.6. The maximum absolute atomic E-state index is 10.8. The van der Waals surface area contributed by atoms with Crippen molar-refractivity contribution < 1.29 is 38.2 Å². The number of benzene rings is 6. The average molecular weight is 946 g/mol. The molecule has 0 fully saturated rings. The van der Waals surface area contributed by atoms with Crippen molar-refractivity contribution in [3.05, 3.63) is 161 Å². The van der Waals surface area contributed by atoms with Crippen LogP contribution in [0, 0.1) is 3.57 Å². The number of aliphatic imine (C=N–C) groups is 5. The molecule has 6 rings (SSSR count). The SMILES string of the molecule is CC(=O)c1ccc(N=C=O)cc1.CCOc1ccc(N=C=O)cc1.CSc1ccc(N=C=O)cc1.O=C=Nc1ccc(I)cc1.O=C=Nc1ccc(Oc2ccccc2)cc1. The van der Waals surface area contributed by atoms with Gasteiger partial charge in [-0.25, -0.2) is 24.0 Å². The van der Waals surface area contributed by atoms with Gasteiger partial charge in [0, 0.05) is 14.0 Å². The topological polar surface area (TPSA) is 183 Å². The fraction of sp³-hybridized carbons (Fsp3) is 0.0870. The van der Waals surface area contributed by atoms with Gasteiger partial charge >= 0.3 is 0 Å². The van der Waals surface area contributed by atoms with Gasteiger partial charge in [0.05, 0.1) is 35.0 Å². The van der Waals surface area contributed by atoms with Gasteiger partial charge in [0.1, 0.15) is 17.2 Å². The minimum atomic E-state index is -0.00312. The molecule has 0 spiro atoms. The summed E-state index contributed by atoms with van der Waals surface area (Å²) < 4.78 is 11.9. The Kier molecular flexibility index (Phi) is 25.0. The number of isocyanates is 5. The van der Waals surface area contributed by atoms with E-state index in [1.165, 1.54) is 37.3 Å². The lowest BCUT2D eigenvalue weighted by Crippen LogP contribution is -1.89. The molecule has 0 bridgehead atoms. The summed E-state index contributed by atoms with van der Waals surface area (Å²) in [5.41, 5.74) is 3.58. The quantitative estimate of drug-likeness (QED) is 0.0401. The van der Waals surface area contributed by atoms with E-state index in [2.05, 4.69) is 47.6 Å². The predicted octanol–water partition coefficient (Wildman–Crippen LogP) is 12.0. The molecular weight excluding hydrogens is 910 g/mol. The highest BCUT2D eigenvalue weighted by Crippen LogP contribution is 2.24. The largest absolute Gasteiger partial charge is 0.494 e. The highest BCUT2D eigenvalue weighted by Gasteiger charge is 1.98. The molecule has 0 radical (unpaired) electrons. The fourth-order valence-corrected chi connectivity index (χ4v) is 4.97. The molecule has 0 unspecified atom stereocenters. The van der Waals surface area contributed by atoms with E-state index >= 15 is 0 Å². The Morgan fingerprint density at radius 2 is 0.852 bits per heavy atom. The molecule has 306 valence electrons. The van der Waals surface area contributed by atoms with Crippen molar-refractivity contribution in [1.82, 2.24) is 0 Å². The van der Waals surface area contributed by atoms with Gasteiger partial charge in [0.15, 0.2) is 5.78 Å². The molecule has 0 aromatic heterocycles. The third-order valence-electron chi connectivity index (χ3n) is 7.01. The number of carbonyl (C=O) groups excluding carboxylic acids is 6. The second-order valence-corrected chi connectivity index (χ2v) is 13.3. The van der Waals surface area contributed by atoms with Crippen LogP contribution in [0.15, 0.2) is 182 Å². The van der Waals surface area contributed by atoms with Crippen molar-refractivity contribution in [2.24, 2.45) is 25.0 Å². The third kappa shape index (κ3) is 21.8.